The number of hydrogen-bond donors (Lipinski definition) is 3. The van der Waals surface area contributed by atoms with Crippen molar-refractivity contribution in [3.63, 3.8) is 0 Å². The van der Waals surface area contributed by atoms with Crippen LogP contribution in [0.1, 0.15) is 21.5 Å². The van der Waals surface area contributed by atoms with Crippen LogP contribution in [0.25, 0.3) is 11.1 Å². The molecule has 0 radical (unpaired) electrons. The van der Waals surface area contributed by atoms with Crippen molar-refractivity contribution >= 4 is 17.6 Å². The lowest BCUT2D eigenvalue weighted by atomic mass is 9.99. The lowest BCUT2D eigenvalue weighted by Crippen LogP contribution is -2.14. The first-order chi connectivity index (χ1) is 14.0. The van der Waals surface area contributed by atoms with E-state index in [2.05, 4.69) is 5.32 Å². The number of aliphatic carboxylic acids is 1. The first-order valence-electron chi connectivity index (χ1n) is 9.10. The molecule has 0 aliphatic heterocycles. The third-order valence-corrected chi connectivity index (χ3v) is 4.54. The summed E-state index contributed by atoms with van der Waals surface area (Å²) >= 11 is 0. The van der Waals surface area contributed by atoms with E-state index in [1.807, 2.05) is 24.3 Å². The molecule has 148 valence electrons. The average Bonchev–Trinajstić information content (AvgIpc) is 2.74. The number of methoxy groups -OCH3 is 1. The highest BCUT2D eigenvalue weighted by molar-refractivity contribution is 6.05. The van der Waals surface area contributed by atoms with Gasteiger partial charge in [0.25, 0.3) is 5.91 Å². The number of benzene rings is 3. The predicted octanol–water partition coefficient (Wildman–Crippen LogP) is 3.70. The van der Waals surface area contributed by atoms with E-state index < -0.39 is 5.97 Å². The molecule has 6 heteroatoms. The molecule has 1 amide bonds. The monoisotopic (exact) mass is 390 g/mol. The van der Waals surface area contributed by atoms with Crippen LogP contribution in [0.5, 0.6) is 5.75 Å². The van der Waals surface area contributed by atoms with E-state index in [1.54, 1.807) is 49.6 Å². The smallest absolute Gasteiger partial charge is 0.307 e. The van der Waals surface area contributed by atoms with Crippen molar-refractivity contribution in [2.24, 2.45) is 5.73 Å². The number of rotatable bonds is 7. The van der Waals surface area contributed by atoms with Gasteiger partial charge in [0.15, 0.2) is 0 Å². The fourth-order valence-electron chi connectivity index (χ4n) is 3.09. The Morgan fingerprint density at radius 3 is 2.55 bits per heavy atom. The van der Waals surface area contributed by atoms with E-state index in [-0.39, 0.29) is 12.3 Å². The Morgan fingerprint density at radius 1 is 1.03 bits per heavy atom. The van der Waals surface area contributed by atoms with Gasteiger partial charge in [0.1, 0.15) is 5.75 Å². The summed E-state index contributed by atoms with van der Waals surface area (Å²) in [5, 5.41) is 11.9. The van der Waals surface area contributed by atoms with E-state index in [9.17, 15) is 9.59 Å². The Bertz CT molecular complexity index is 1050. The van der Waals surface area contributed by atoms with Crippen LogP contribution >= 0.6 is 0 Å². The number of carboxylic acids is 1. The van der Waals surface area contributed by atoms with Crippen LogP contribution in [0.15, 0.2) is 66.7 Å². The van der Waals surface area contributed by atoms with Crippen molar-refractivity contribution in [3.05, 3.63) is 83.4 Å². The van der Waals surface area contributed by atoms with Gasteiger partial charge in [-0.25, -0.2) is 0 Å². The number of nitrogens with two attached hydrogens (primary N) is 1. The Morgan fingerprint density at radius 2 is 1.83 bits per heavy atom. The van der Waals surface area contributed by atoms with E-state index in [1.165, 1.54) is 0 Å². The summed E-state index contributed by atoms with van der Waals surface area (Å²) in [7, 11) is 1.58. The number of carbonyl (C=O) groups is 2. The van der Waals surface area contributed by atoms with Crippen LogP contribution < -0.4 is 15.8 Å². The second-order valence-electron chi connectivity index (χ2n) is 6.50. The van der Waals surface area contributed by atoms with Crippen LogP contribution in [0.3, 0.4) is 0 Å². The zero-order valence-electron chi connectivity index (χ0n) is 16.0. The van der Waals surface area contributed by atoms with E-state index in [0.29, 0.717) is 29.1 Å². The van der Waals surface area contributed by atoms with Gasteiger partial charge in [-0.15, -0.1) is 0 Å². The zero-order chi connectivity index (χ0) is 20.8. The Balaban J connectivity index is 1.94. The SMILES string of the molecule is COc1ccc(C(=O)Nc2ccccc2CC(=O)O)cc1-c1cccc(CN)c1. The second kappa shape index (κ2) is 9.03. The van der Waals surface area contributed by atoms with Crippen molar-refractivity contribution in [2.45, 2.75) is 13.0 Å². The third-order valence-electron chi connectivity index (χ3n) is 4.54. The van der Waals surface area contributed by atoms with E-state index in [4.69, 9.17) is 15.6 Å². The fourth-order valence-corrected chi connectivity index (χ4v) is 3.09. The molecule has 0 spiro atoms. The number of ether oxygens (including phenoxy) is 1. The third kappa shape index (κ3) is 4.80. The Kier molecular flexibility index (Phi) is 6.26. The standard InChI is InChI=1S/C23H22N2O4/c1-29-21-10-9-18(12-19(21)16-7-4-5-15(11-16)14-24)23(28)25-20-8-3-2-6-17(20)13-22(26)27/h2-12H,13-14,24H2,1H3,(H,25,28)(H,26,27). The summed E-state index contributed by atoms with van der Waals surface area (Å²) in [6, 6.07) is 19.8. The lowest BCUT2D eigenvalue weighted by Gasteiger charge is -2.13. The molecule has 6 nitrogen and oxygen atoms in total. The topological polar surface area (TPSA) is 102 Å². The normalized spacial score (nSPS) is 10.4. The van der Waals surface area contributed by atoms with Gasteiger partial charge in [-0.05, 0) is 47.0 Å². The van der Waals surface area contributed by atoms with Crippen LogP contribution in [-0.2, 0) is 17.8 Å². The minimum absolute atomic E-state index is 0.170. The van der Waals surface area contributed by atoms with Crippen molar-refractivity contribution in [3.8, 4) is 16.9 Å². The van der Waals surface area contributed by atoms with Crippen LogP contribution in [0, 0.1) is 0 Å². The fraction of sp³-hybridized carbons (Fsp3) is 0.130. The van der Waals surface area contributed by atoms with Gasteiger partial charge in [0, 0.05) is 23.4 Å². The summed E-state index contributed by atoms with van der Waals surface area (Å²) in [4.78, 5) is 23.9. The van der Waals surface area contributed by atoms with Crippen molar-refractivity contribution < 1.29 is 19.4 Å². The lowest BCUT2D eigenvalue weighted by molar-refractivity contribution is -0.136. The minimum atomic E-state index is -0.960. The molecule has 0 aliphatic rings. The molecule has 0 saturated heterocycles. The zero-order valence-corrected chi connectivity index (χ0v) is 16.0. The summed E-state index contributed by atoms with van der Waals surface area (Å²) in [5.41, 5.74) is 9.83. The maximum atomic E-state index is 12.8. The van der Waals surface area contributed by atoms with Crippen molar-refractivity contribution in [2.75, 3.05) is 12.4 Å². The molecule has 0 saturated carbocycles. The Labute approximate surface area is 168 Å². The van der Waals surface area contributed by atoms with Gasteiger partial charge in [-0.2, -0.15) is 0 Å². The second-order valence-corrected chi connectivity index (χ2v) is 6.50. The molecule has 0 bridgehead atoms. The van der Waals surface area contributed by atoms with Crippen molar-refractivity contribution in [1.82, 2.24) is 0 Å². The first kappa shape index (κ1) is 20.1. The number of anilines is 1. The number of carboxylic acid groups (broad SMARTS) is 1. The van der Waals surface area contributed by atoms with Crippen LogP contribution in [0.4, 0.5) is 5.69 Å². The quantitative estimate of drug-likeness (QED) is 0.571. The number of hydrogen-bond acceptors (Lipinski definition) is 4. The van der Waals surface area contributed by atoms with Gasteiger partial charge in [-0.1, -0.05) is 36.4 Å². The molecule has 29 heavy (non-hydrogen) atoms. The van der Waals surface area contributed by atoms with Gasteiger partial charge in [-0.3, -0.25) is 9.59 Å². The minimum Gasteiger partial charge on any atom is -0.496 e. The molecule has 4 N–H and O–H groups in total. The number of carbonyl (C=O) groups excluding carboxylic acids is 1. The van der Waals surface area contributed by atoms with E-state index in [0.717, 1.165) is 16.7 Å². The molecule has 0 unspecified atom stereocenters. The number of para-hydroxylation sites is 1. The van der Waals surface area contributed by atoms with Gasteiger partial charge < -0.3 is 20.9 Å². The highest BCUT2D eigenvalue weighted by Gasteiger charge is 2.14. The number of nitrogens with one attached hydrogen (secondary N) is 1. The average molecular weight is 390 g/mol. The van der Waals surface area contributed by atoms with Gasteiger partial charge in [0.05, 0.1) is 13.5 Å². The Hall–Kier alpha value is -3.64. The molecular weight excluding hydrogens is 368 g/mol. The molecule has 0 fully saturated rings. The highest BCUT2D eigenvalue weighted by Crippen LogP contribution is 2.32. The van der Waals surface area contributed by atoms with Gasteiger partial charge >= 0.3 is 5.97 Å². The maximum absolute atomic E-state index is 12.8. The molecule has 3 aromatic rings. The van der Waals surface area contributed by atoms with E-state index >= 15 is 0 Å². The summed E-state index contributed by atoms with van der Waals surface area (Å²) in [6.07, 6.45) is -0.170. The van der Waals surface area contributed by atoms with Crippen LogP contribution in [-0.4, -0.2) is 24.1 Å². The maximum Gasteiger partial charge on any atom is 0.307 e. The molecule has 3 rings (SSSR count). The van der Waals surface area contributed by atoms with Crippen molar-refractivity contribution in [1.29, 1.82) is 0 Å². The largest absolute Gasteiger partial charge is 0.496 e. The first-order valence-corrected chi connectivity index (χ1v) is 9.10. The predicted molar refractivity (Wildman–Crippen MR) is 112 cm³/mol. The van der Waals surface area contributed by atoms with Crippen LogP contribution in [0.2, 0.25) is 0 Å². The van der Waals surface area contributed by atoms with Gasteiger partial charge in [0.2, 0.25) is 0 Å². The molecule has 0 atom stereocenters. The summed E-state index contributed by atoms with van der Waals surface area (Å²) < 4.78 is 5.46. The molecular formula is C23H22N2O4. The summed E-state index contributed by atoms with van der Waals surface area (Å²) in [5.74, 6) is -0.651. The molecule has 0 heterocycles. The highest BCUT2D eigenvalue weighted by atomic mass is 16.5. The molecule has 3 aromatic carbocycles. The molecule has 0 aliphatic carbocycles. The summed E-state index contributed by atoms with van der Waals surface area (Å²) in [6.45, 7) is 0.413. The number of amides is 1. The molecule has 0 aromatic heterocycles.